The second-order valence-corrected chi connectivity index (χ2v) is 8.13. The Hall–Kier alpha value is -3.98. The molecule has 0 spiro atoms. The predicted molar refractivity (Wildman–Crippen MR) is 124 cm³/mol. The highest BCUT2D eigenvalue weighted by molar-refractivity contribution is 5.87. The van der Waals surface area contributed by atoms with Gasteiger partial charge in [-0.3, -0.25) is 10.1 Å². The lowest BCUT2D eigenvalue weighted by Crippen LogP contribution is -2.41. The molecule has 0 bridgehead atoms. The van der Waals surface area contributed by atoms with Crippen LogP contribution in [0, 0.1) is 15.9 Å². The quantitative estimate of drug-likeness (QED) is 0.183. The summed E-state index contributed by atoms with van der Waals surface area (Å²) in [7, 11) is 0. The molecular formula is C26H20F4N2O3. The molecule has 0 aliphatic carbocycles. The van der Waals surface area contributed by atoms with E-state index in [0.717, 1.165) is 11.6 Å². The van der Waals surface area contributed by atoms with Gasteiger partial charge in [0.05, 0.1) is 10.4 Å². The Bertz CT molecular complexity index is 1380. The maximum absolute atomic E-state index is 14.3. The van der Waals surface area contributed by atoms with Crippen LogP contribution in [0.1, 0.15) is 23.1 Å². The lowest BCUT2D eigenvalue weighted by molar-refractivity contribution is -0.384. The fraction of sp³-hybridized carbons (Fsp3) is 0.154. The van der Waals surface area contributed by atoms with Crippen LogP contribution in [-0.4, -0.2) is 20.8 Å². The molecule has 3 aromatic carbocycles. The van der Waals surface area contributed by atoms with E-state index in [9.17, 15) is 32.8 Å². The van der Waals surface area contributed by atoms with E-state index in [2.05, 4.69) is 0 Å². The first kappa shape index (κ1) is 24.2. The number of rotatable bonds is 7. The van der Waals surface area contributed by atoms with Gasteiger partial charge in [0.1, 0.15) is 5.82 Å². The summed E-state index contributed by atoms with van der Waals surface area (Å²) in [5.41, 5.74) is -2.51. The van der Waals surface area contributed by atoms with Crippen LogP contribution < -0.4 is 0 Å². The number of fused-ring (bicyclic) bond motifs is 1. The van der Waals surface area contributed by atoms with E-state index in [1.165, 1.54) is 59.3 Å². The van der Waals surface area contributed by atoms with Crippen LogP contribution in [0.15, 0.2) is 85.1 Å². The lowest BCUT2D eigenvalue weighted by Gasteiger charge is -2.29. The first-order valence-corrected chi connectivity index (χ1v) is 10.6. The Morgan fingerprint density at radius 1 is 1.00 bits per heavy atom. The van der Waals surface area contributed by atoms with Crippen molar-refractivity contribution in [2.75, 3.05) is 0 Å². The standard InChI is InChI=1S/C26H20F4N2O3/c27-20-10-8-18(9-11-20)7-4-14-25(33,26(28,29)30)23-17-31(16-19-5-2-1-3-6-19)24-15-21(32(34)35)12-13-22(23)24/h1-13,15,17,33H,14,16H2. The third-order valence-electron chi connectivity index (χ3n) is 5.78. The summed E-state index contributed by atoms with van der Waals surface area (Å²) in [6.45, 7) is 0.151. The molecule has 180 valence electrons. The number of alkyl halides is 3. The van der Waals surface area contributed by atoms with Crippen molar-refractivity contribution in [3.05, 3.63) is 118 Å². The molecule has 4 aromatic rings. The molecule has 1 heterocycles. The number of hydrogen-bond acceptors (Lipinski definition) is 3. The first-order chi connectivity index (χ1) is 16.6. The van der Waals surface area contributed by atoms with Crippen LogP contribution in [0.2, 0.25) is 0 Å². The first-order valence-electron chi connectivity index (χ1n) is 10.6. The number of benzene rings is 3. The predicted octanol–water partition coefficient (Wildman–Crippen LogP) is 6.59. The molecule has 0 amide bonds. The topological polar surface area (TPSA) is 68.3 Å². The Balaban J connectivity index is 1.81. The number of non-ortho nitro benzene ring substituents is 1. The van der Waals surface area contributed by atoms with Crippen molar-refractivity contribution >= 4 is 22.7 Å². The monoisotopic (exact) mass is 484 g/mol. The molecule has 0 aliphatic rings. The van der Waals surface area contributed by atoms with E-state index < -0.39 is 34.5 Å². The smallest absolute Gasteiger partial charge is 0.376 e. The van der Waals surface area contributed by atoms with Gasteiger partial charge in [-0.05, 0) is 29.3 Å². The lowest BCUT2D eigenvalue weighted by atomic mass is 9.89. The Morgan fingerprint density at radius 3 is 2.31 bits per heavy atom. The van der Waals surface area contributed by atoms with Crippen molar-refractivity contribution in [3.63, 3.8) is 0 Å². The van der Waals surface area contributed by atoms with E-state index in [1.807, 2.05) is 0 Å². The number of nitro groups is 1. The fourth-order valence-corrected chi connectivity index (χ4v) is 3.95. The Morgan fingerprint density at radius 2 is 1.69 bits per heavy atom. The van der Waals surface area contributed by atoms with Crippen molar-refractivity contribution in [2.24, 2.45) is 0 Å². The van der Waals surface area contributed by atoms with Gasteiger partial charge < -0.3 is 9.67 Å². The zero-order chi connectivity index (χ0) is 25.2. The van der Waals surface area contributed by atoms with Crippen LogP contribution in [0.3, 0.4) is 0 Å². The van der Waals surface area contributed by atoms with Gasteiger partial charge in [0.2, 0.25) is 0 Å². The van der Waals surface area contributed by atoms with Gasteiger partial charge in [-0.1, -0.05) is 54.6 Å². The molecule has 4 rings (SSSR count). The summed E-state index contributed by atoms with van der Waals surface area (Å²) in [5.74, 6) is -0.478. The summed E-state index contributed by atoms with van der Waals surface area (Å²) in [6, 6.07) is 17.6. The number of halogens is 4. The molecule has 1 atom stereocenters. The van der Waals surface area contributed by atoms with Gasteiger partial charge in [0.25, 0.3) is 5.69 Å². The van der Waals surface area contributed by atoms with Crippen LogP contribution in [-0.2, 0) is 12.1 Å². The zero-order valence-corrected chi connectivity index (χ0v) is 18.2. The normalized spacial score (nSPS) is 13.9. The molecule has 0 fully saturated rings. The second-order valence-electron chi connectivity index (χ2n) is 8.13. The maximum atomic E-state index is 14.3. The van der Waals surface area contributed by atoms with Gasteiger partial charge in [0, 0.05) is 42.2 Å². The summed E-state index contributed by atoms with van der Waals surface area (Å²) >= 11 is 0. The molecular weight excluding hydrogens is 464 g/mol. The molecule has 0 radical (unpaired) electrons. The van der Waals surface area contributed by atoms with Gasteiger partial charge in [-0.25, -0.2) is 4.39 Å². The molecule has 9 heteroatoms. The second kappa shape index (κ2) is 9.34. The van der Waals surface area contributed by atoms with E-state index in [4.69, 9.17) is 0 Å². The molecule has 0 aliphatic heterocycles. The van der Waals surface area contributed by atoms with Gasteiger partial charge >= 0.3 is 6.18 Å². The van der Waals surface area contributed by atoms with E-state index in [-0.39, 0.29) is 23.1 Å². The van der Waals surface area contributed by atoms with Crippen LogP contribution in [0.5, 0.6) is 0 Å². The summed E-state index contributed by atoms with van der Waals surface area (Å²) in [4.78, 5) is 10.7. The van der Waals surface area contributed by atoms with Crippen molar-refractivity contribution in [1.82, 2.24) is 4.57 Å². The van der Waals surface area contributed by atoms with Gasteiger partial charge in [0.15, 0.2) is 5.60 Å². The minimum atomic E-state index is -5.05. The minimum absolute atomic E-state index is 0.0570. The summed E-state index contributed by atoms with van der Waals surface area (Å²) in [6.07, 6.45) is -2.12. The maximum Gasteiger partial charge on any atom is 0.421 e. The summed E-state index contributed by atoms with van der Waals surface area (Å²) in [5, 5.41) is 22.4. The number of aromatic nitrogens is 1. The zero-order valence-electron chi connectivity index (χ0n) is 18.2. The Kier molecular flexibility index (Phi) is 6.45. The van der Waals surface area contributed by atoms with Crippen molar-refractivity contribution in [1.29, 1.82) is 0 Å². The van der Waals surface area contributed by atoms with Crippen LogP contribution >= 0.6 is 0 Å². The Labute approximate surface area is 197 Å². The molecule has 35 heavy (non-hydrogen) atoms. The molecule has 0 saturated carbocycles. The average molecular weight is 484 g/mol. The minimum Gasteiger partial charge on any atom is -0.376 e. The molecule has 5 nitrogen and oxygen atoms in total. The molecule has 0 saturated heterocycles. The van der Waals surface area contributed by atoms with E-state index >= 15 is 0 Å². The largest absolute Gasteiger partial charge is 0.421 e. The van der Waals surface area contributed by atoms with Gasteiger partial charge in [-0.2, -0.15) is 13.2 Å². The fourth-order valence-electron chi connectivity index (χ4n) is 3.95. The third kappa shape index (κ3) is 4.95. The van der Waals surface area contributed by atoms with Crippen LogP contribution in [0.4, 0.5) is 23.2 Å². The molecule has 1 aromatic heterocycles. The van der Waals surface area contributed by atoms with Crippen molar-refractivity contribution in [2.45, 2.75) is 24.7 Å². The number of aliphatic hydroxyl groups is 1. The van der Waals surface area contributed by atoms with Crippen molar-refractivity contribution < 1.29 is 27.6 Å². The molecule has 1 N–H and O–H groups in total. The molecule has 1 unspecified atom stereocenters. The summed E-state index contributed by atoms with van der Waals surface area (Å²) < 4.78 is 57.4. The van der Waals surface area contributed by atoms with Crippen molar-refractivity contribution in [3.8, 4) is 0 Å². The number of nitro benzene ring substituents is 1. The van der Waals surface area contributed by atoms with Gasteiger partial charge in [-0.15, -0.1) is 0 Å². The number of nitrogens with zero attached hydrogens (tertiary/aromatic N) is 2. The van der Waals surface area contributed by atoms with Crippen LogP contribution in [0.25, 0.3) is 17.0 Å². The highest BCUT2D eigenvalue weighted by Crippen LogP contribution is 2.45. The SMILES string of the molecule is O=[N+]([O-])c1ccc2c(C(O)(CC=Cc3ccc(F)cc3)C(F)(F)F)cn(Cc3ccccc3)c2c1. The average Bonchev–Trinajstić information content (AvgIpc) is 3.18. The highest BCUT2D eigenvalue weighted by atomic mass is 19.4. The number of hydrogen-bond donors (Lipinski definition) is 1. The third-order valence-corrected chi connectivity index (χ3v) is 5.78. The highest BCUT2D eigenvalue weighted by Gasteiger charge is 2.55. The van der Waals surface area contributed by atoms with E-state index in [1.54, 1.807) is 30.3 Å². The van der Waals surface area contributed by atoms with E-state index in [0.29, 0.717) is 5.56 Å².